The second-order valence-electron chi connectivity index (χ2n) is 6.21. The fourth-order valence-corrected chi connectivity index (χ4v) is 2.29. The molecule has 1 aromatic rings. The van der Waals surface area contributed by atoms with Crippen molar-refractivity contribution in [2.24, 2.45) is 5.41 Å². The van der Waals surface area contributed by atoms with E-state index >= 15 is 0 Å². The molecule has 0 aromatic heterocycles. The van der Waals surface area contributed by atoms with Crippen LogP contribution in [0.4, 0.5) is 13.2 Å². The Kier molecular flexibility index (Phi) is 4.36. The first-order valence-electron chi connectivity index (χ1n) is 7.28. The quantitative estimate of drug-likeness (QED) is 0.460. The number of carbonyl (C=O) groups excluding carboxylic acids is 1. The average Bonchev–Trinajstić information content (AvgIpc) is 2.93. The summed E-state index contributed by atoms with van der Waals surface area (Å²) in [5, 5.41) is 0. The number of esters is 1. The van der Waals surface area contributed by atoms with Gasteiger partial charge in [0.05, 0.1) is 5.41 Å². The van der Waals surface area contributed by atoms with Crippen LogP contribution in [0.1, 0.15) is 45.6 Å². The summed E-state index contributed by atoms with van der Waals surface area (Å²) >= 11 is 0. The van der Waals surface area contributed by atoms with Crippen molar-refractivity contribution >= 4 is 5.97 Å². The lowest BCUT2D eigenvalue weighted by Crippen LogP contribution is -2.35. The molecule has 1 unspecified atom stereocenters. The SMILES string of the molecule is CCC(C)(C)C(=O)OC1(c2cc(F)c(F)c(F)c2)C=CCC1. The number of hydrogen-bond acceptors (Lipinski definition) is 2. The molecule has 0 heterocycles. The average molecular weight is 312 g/mol. The van der Waals surface area contributed by atoms with Crippen LogP contribution in [-0.2, 0) is 15.1 Å². The molecule has 0 saturated heterocycles. The fraction of sp³-hybridized carbons (Fsp3) is 0.471. The van der Waals surface area contributed by atoms with Crippen molar-refractivity contribution in [1.82, 2.24) is 0 Å². The molecule has 0 N–H and O–H groups in total. The van der Waals surface area contributed by atoms with Gasteiger partial charge in [0.15, 0.2) is 23.1 Å². The molecule has 0 amide bonds. The summed E-state index contributed by atoms with van der Waals surface area (Å²) in [4.78, 5) is 12.3. The summed E-state index contributed by atoms with van der Waals surface area (Å²) in [5.41, 5.74) is -1.84. The zero-order valence-electron chi connectivity index (χ0n) is 12.9. The maximum atomic E-state index is 13.5. The van der Waals surface area contributed by atoms with Crippen LogP contribution in [0.25, 0.3) is 0 Å². The highest BCUT2D eigenvalue weighted by Crippen LogP contribution is 2.40. The Morgan fingerprint density at radius 3 is 2.32 bits per heavy atom. The van der Waals surface area contributed by atoms with Gasteiger partial charge in [0, 0.05) is 5.56 Å². The maximum Gasteiger partial charge on any atom is 0.312 e. The molecule has 1 aliphatic rings. The monoisotopic (exact) mass is 312 g/mol. The molecular weight excluding hydrogens is 293 g/mol. The van der Waals surface area contributed by atoms with E-state index < -0.39 is 34.4 Å². The predicted molar refractivity (Wildman–Crippen MR) is 76.5 cm³/mol. The minimum atomic E-state index is -1.53. The molecule has 5 heteroatoms. The maximum absolute atomic E-state index is 13.5. The number of benzene rings is 1. The van der Waals surface area contributed by atoms with E-state index in [1.54, 1.807) is 26.0 Å². The molecule has 0 fully saturated rings. The Bertz CT molecular complexity index is 599. The molecule has 22 heavy (non-hydrogen) atoms. The van der Waals surface area contributed by atoms with E-state index in [0.717, 1.165) is 12.1 Å². The summed E-state index contributed by atoms with van der Waals surface area (Å²) in [6.45, 7) is 5.34. The summed E-state index contributed by atoms with van der Waals surface area (Å²) in [7, 11) is 0. The number of rotatable bonds is 4. The predicted octanol–water partition coefficient (Wildman–Crippen LogP) is 4.63. The molecule has 2 rings (SSSR count). The molecular formula is C17H19F3O2. The lowest BCUT2D eigenvalue weighted by molar-refractivity contribution is -0.167. The van der Waals surface area contributed by atoms with Gasteiger partial charge in [0.25, 0.3) is 0 Å². The Balaban J connectivity index is 2.42. The summed E-state index contributed by atoms with van der Waals surface area (Å²) in [6, 6.07) is 1.78. The van der Waals surface area contributed by atoms with Crippen LogP contribution in [0.5, 0.6) is 0 Å². The van der Waals surface area contributed by atoms with Gasteiger partial charge in [0.1, 0.15) is 0 Å². The molecule has 0 bridgehead atoms. The van der Waals surface area contributed by atoms with Crippen LogP contribution in [-0.4, -0.2) is 5.97 Å². The summed E-state index contributed by atoms with van der Waals surface area (Å²) < 4.78 is 45.8. The topological polar surface area (TPSA) is 26.3 Å². The van der Waals surface area contributed by atoms with Gasteiger partial charge in [-0.05, 0) is 51.3 Å². The Labute approximate surface area is 128 Å². The number of halogens is 3. The second-order valence-corrected chi connectivity index (χ2v) is 6.21. The van der Waals surface area contributed by atoms with Gasteiger partial charge in [-0.15, -0.1) is 0 Å². The van der Waals surface area contributed by atoms with Crippen molar-refractivity contribution in [2.45, 2.75) is 45.6 Å². The van der Waals surface area contributed by atoms with Crippen molar-refractivity contribution < 1.29 is 22.7 Å². The zero-order chi connectivity index (χ0) is 16.5. The van der Waals surface area contributed by atoms with Crippen molar-refractivity contribution in [1.29, 1.82) is 0 Å². The molecule has 120 valence electrons. The third-order valence-electron chi connectivity index (χ3n) is 4.25. The molecule has 0 aliphatic heterocycles. The standard InChI is InChI=1S/C17H19F3O2/c1-4-16(2,3)15(21)22-17(7-5-6-8-17)11-9-12(18)14(20)13(19)10-11/h5,7,9-10H,4,6,8H2,1-3H3. The van der Waals surface area contributed by atoms with E-state index in [1.807, 2.05) is 6.92 Å². The van der Waals surface area contributed by atoms with Crippen molar-refractivity contribution in [3.05, 3.63) is 47.3 Å². The number of hydrogen-bond donors (Lipinski definition) is 0. The van der Waals surface area contributed by atoms with E-state index in [9.17, 15) is 18.0 Å². The molecule has 0 saturated carbocycles. The van der Waals surface area contributed by atoms with E-state index in [1.165, 1.54) is 0 Å². The lowest BCUT2D eigenvalue weighted by Gasteiger charge is -2.32. The Morgan fingerprint density at radius 1 is 1.27 bits per heavy atom. The number of allylic oxidation sites excluding steroid dienone is 1. The smallest absolute Gasteiger partial charge is 0.312 e. The van der Waals surface area contributed by atoms with E-state index in [0.29, 0.717) is 19.3 Å². The molecule has 1 atom stereocenters. The van der Waals surface area contributed by atoms with Gasteiger partial charge in [0.2, 0.25) is 0 Å². The second kappa shape index (κ2) is 5.78. The van der Waals surface area contributed by atoms with Gasteiger partial charge >= 0.3 is 5.97 Å². The minimum absolute atomic E-state index is 0.109. The molecule has 0 radical (unpaired) electrons. The van der Waals surface area contributed by atoms with Crippen molar-refractivity contribution in [3.63, 3.8) is 0 Å². The third-order valence-corrected chi connectivity index (χ3v) is 4.25. The van der Waals surface area contributed by atoms with Crippen molar-refractivity contribution in [2.75, 3.05) is 0 Å². The van der Waals surface area contributed by atoms with E-state index in [-0.39, 0.29) is 5.56 Å². The first kappa shape index (κ1) is 16.6. The number of ether oxygens (including phenoxy) is 1. The minimum Gasteiger partial charge on any atom is -0.449 e. The van der Waals surface area contributed by atoms with E-state index in [4.69, 9.17) is 4.74 Å². The van der Waals surface area contributed by atoms with Crippen LogP contribution in [0.2, 0.25) is 0 Å². The van der Waals surface area contributed by atoms with Crippen molar-refractivity contribution in [3.8, 4) is 0 Å². The first-order valence-corrected chi connectivity index (χ1v) is 7.28. The highest BCUT2D eigenvalue weighted by atomic mass is 19.2. The van der Waals surface area contributed by atoms with Crippen LogP contribution in [0.3, 0.4) is 0 Å². The van der Waals surface area contributed by atoms with Crippen LogP contribution >= 0.6 is 0 Å². The van der Waals surface area contributed by atoms with Crippen LogP contribution in [0, 0.1) is 22.9 Å². The van der Waals surface area contributed by atoms with Gasteiger partial charge in [-0.3, -0.25) is 4.79 Å². The van der Waals surface area contributed by atoms with Gasteiger partial charge < -0.3 is 4.74 Å². The highest BCUT2D eigenvalue weighted by molar-refractivity contribution is 5.76. The lowest BCUT2D eigenvalue weighted by atomic mass is 9.88. The molecule has 2 nitrogen and oxygen atoms in total. The Morgan fingerprint density at radius 2 is 1.86 bits per heavy atom. The normalized spacial score (nSPS) is 21.2. The van der Waals surface area contributed by atoms with Gasteiger partial charge in [-0.2, -0.15) is 0 Å². The highest BCUT2D eigenvalue weighted by Gasteiger charge is 2.40. The van der Waals surface area contributed by atoms with Crippen LogP contribution < -0.4 is 0 Å². The third kappa shape index (κ3) is 2.89. The molecule has 1 aliphatic carbocycles. The van der Waals surface area contributed by atoms with Crippen LogP contribution in [0.15, 0.2) is 24.3 Å². The Hall–Kier alpha value is -1.78. The van der Waals surface area contributed by atoms with E-state index in [2.05, 4.69) is 0 Å². The van der Waals surface area contributed by atoms with Gasteiger partial charge in [-0.1, -0.05) is 13.0 Å². The zero-order valence-corrected chi connectivity index (χ0v) is 12.9. The fourth-order valence-electron chi connectivity index (χ4n) is 2.29. The summed E-state index contributed by atoms with van der Waals surface area (Å²) in [6.07, 6.45) is 4.95. The number of carbonyl (C=O) groups is 1. The first-order chi connectivity index (χ1) is 10.2. The van der Waals surface area contributed by atoms with Gasteiger partial charge in [-0.25, -0.2) is 13.2 Å². The largest absolute Gasteiger partial charge is 0.449 e. The molecule has 1 aromatic carbocycles. The molecule has 0 spiro atoms. The summed E-state index contributed by atoms with van der Waals surface area (Å²) in [5.74, 6) is -4.56.